The van der Waals surface area contributed by atoms with Gasteiger partial charge in [0, 0.05) is 5.56 Å². The van der Waals surface area contributed by atoms with Crippen LogP contribution in [0.1, 0.15) is 5.56 Å². The predicted octanol–water partition coefficient (Wildman–Crippen LogP) is 1.72. The molecule has 0 saturated heterocycles. The zero-order chi connectivity index (χ0) is 10.7. The van der Waals surface area contributed by atoms with Crippen LogP contribution in [0.5, 0.6) is 0 Å². The summed E-state index contributed by atoms with van der Waals surface area (Å²) in [7, 11) is 0. The van der Waals surface area contributed by atoms with Crippen molar-refractivity contribution in [3.05, 3.63) is 29.8 Å². The Morgan fingerprint density at radius 1 is 1.40 bits per heavy atom. The van der Waals surface area contributed by atoms with Gasteiger partial charge in [0.2, 0.25) is 5.90 Å². The third-order valence-corrected chi connectivity index (χ3v) is 1.94. The molecular formula is C10H6N2O2S. The van der Waals surface area contributed by atoms with Gasteiger partial charge in [-0.05, 0) is 36.5 Å². The Labute approximate surface area is 91.3 Å². The van der Waals surface area contributed by atoms with Crippen molar-refractivity contribution in [1.29, 1.82) is 0 Å². The van der Waals surface area contributed by atoms with Gasteiger partial charge in [-0.2, -0.15) is 4.99 Å². The van der Waals surface area contributed by atoms with Gasteiger partial charge in [0.1, 0.15) is 6.54 Å². The monoisotopic (exact) mass is 218 g/mol. The van der Waals surface area contributed by atoms with Gasteiger partial charge in [0.15, 0.2) is 0 Å². The van der Waals surface area contributed by atoms with E-state index in [-0.39, 0.29) is 12.5 Å². The molecule has 4 nitrogen and oxygen atoms in total. The van der Waals surface area contributed by atoms with E-state index in [0.717, 1.165) is 5.56 Å². The first-order chi connectivity index (χ1) is 7.29. The van der Waals surface area contributed by atoms with Crippen LogP contribution in [-0.2, 0) is 9.53 Å². The van der Waals surface area contributed by atoms with Crippen molar-refractivity contribution in [1.82, 2.24) is 0 Å². The fourth-order valence-corrected chi connectivity index (χ4v) is 1.30. The van der Waals surface area contributed by atoms with Crippen LogP contribution in [0.25, 0.3) is 0 Å². The number of hydrogen-bond donors (Lipinski definition) is 0. The van der Waals surface area contributed by atoms with Gasteiger partial charge < -0.3 is 4.74 Å². The predicted molar refractivity (Wildman–Crippen MR) is 58.6 cm³/mol. The minimum absolute atomic E-state index is 0.0924. The Bertz CT molecular complexity index is 473. The van der Waals surface area contributed by atoms with E-state index in [9.17, 15) is 4.79 Å². The molecule has 1 aromatic rings. The van der Waals surface area contributed by atoms with Crippen molar-refractivity contribution in [3.63, 3.8) is 0 Å². The summed E-state index contributed by atoms with van der Waals surface area (Å²) in [4.78, 5) is 18.6. The van der Waals surface area contributed by atoms with Crippen molar-refractivity contribution in [2.75, 3.05) is 6.54 Å². The van der Waals surface area contributed by atoms with Crippen LogP contribution >= 0.6 is 12.2 Å². The van der Waals surface area contributed by atoms with Crippen LogP contribution in [0, 0.1) is 0 Å². The third-order valence-electron chi connectivity index (χ3n) is 1.85. The number of carbonyl (C=O) groups excluding carboxylic acids is 1. The number of nitrogens with zero attached hydrogens (tertiary/aromatic N) is 2. The molecule has 0 bridgehead atoms. The Morgan fingerprint density at radius 3 is 2.67 bits per heavy atom. The fourth-order valence-electron chi connectivity index (χ4n) is 1.19. The molecule has 0 fully saturated rings. The van der Waals surface area contributed by atoms with Crippen molar-refractivity contribution in [2.45, 2.75) is 0 Å². The van der Waals surface area contributed by atoms with Crippen LogP contribution in [0.4, 0.5) is 5.69 Å². The maximum atomic E-state index is 10.8. The Morgan fingerprint density at radius 2 is 2.13 bits per heavy atom. The summed E-state index contributed by atoms with van der Waals surface area (Å²) in [5.41, 5.74) is 1.46. The largest absolute Gasteiger partial charge is 0.406 e. The van der Waals surface area contributed by atoms with Crippen molar-refractivity contribution in [2.24, 2.45) is 9.98 Å². The van der Waals surface area contributed by atoms with Gasteiger partial charge in [-0.25, -0.2) is 9.79 Å². The van der Waals surface area contributed by atoms with Crippen LogP contribution in [0.15, 0.2) is 34.3 Å². The number of benzene rings is 1. The van der Waals surface area contributed by atoms with Crippen molar-refractivity contribution >= 4 is 34.9 Å². The number of aliphatic imine (C=N–C) groups is 2. The molecule has 0 amide bonds. The van der Waals surface area contributed by atoms with E-state index < -0.39 is 0 Å². The van der Waals surface area contributed by atoms with Gasteiger partial charge in [-0.15, -0.1) is 0 Å². The molecule has 1 aromatic carbocycles. The highest BCUT2D eigenvalue weighted by atomic mass is 32.1. The summed E-state index contributed by atoms with van der Waals surface area (Å²) in [5.74, 6) is 0.0314. The highest BCUT2D eigenvalue weighted by Crippen LogP contribution is 2.14. The number of thiocarbonyl (C=S) groups is 1. The molecule has 15 heavy (non-hydrogen) atoms. The van der Waals surface area contributed by atoms with E-state index in [1.54, 1.807) is 24.3 Å². The SMILES string of the molecule is O=C1CN=C(c2ccc(N=C=S)cc2)O1. The Hall–Kier alpha value is -1.84. The summed E-state index contributed by atoms with van der Waals surface area (Å²) < 4.78 is 4.89. The van der Waals surface area contributed by atoms with Crippen molar-refractivity contribution < 1.29 is 9.53 Å². The highest BCUT2D eigenvalue weighted by molar-refractivity contribution is 7.78. The fraction of sp³-hybridized carbons (Fsp3) is 0.100. The lowest BCUT2D eigenvalue weighted by atomic mass is 10.2. The van der Waals surface area contributed by atoms with Crippen molar-refractivity contribution in [3.8, 4) is 0 Å². The lowest BCUT2D eigenvalue weighted by molar-refractivity contribution is -0.132. The second-order valence-corrected chi connectivity index (χ2v) is 3.03. The molecule has 0 atom stereocenters. The van der Waals surface area contributed by atoms with E-state index in [0.29, 0.717) is 11.6 Å². The number of isothiocyanates is 1. The number of hydrogen-bond acceptors (Lipinski definition) is 5. The maximum Gasteiger partial charge on any atom is 0.334 e. The normalized spacial score (nSPS) is 14.1. The van der Waals surface area contributed by atoms with Crippen LogP contribution < -0.4 is 0 Å². The Balaban J connectivity index is 2.24. The standard InChI is InChI=1S/C10H6N2O2S/c13-9-5-11-10(14-9)7-1-3-8(4-2-7)12-6-15/h1-4H,5H2. The molecule has 2 rings (SSSR count). The average Bonchev–Trinajstić information content (AvgIpc) is 2.67. The minimum Gasteiger partial charge on any atom is -0.406 e. The zero-order valence-electron chi connectivity index (χ0n) is 7.64. The number of carbonyl (C=O) groups is 1. The Kier molecular flexibility index (Phi) is 2.67. The van der Waals surface area contributed by atoms with Gasteiger partial charge in [0.05, 0.1) is 10.8 Å². The van der Waals surface area contributed by atoms with Gasteiger partial charge >= 0.3 is 5.97 Å². The molecule has 1 aliphatic heterocycles. The molecule has 74 valence electrons. The van der Waals surface area contributed by atoms with Gasteiger partial charge in [0.25, 0.3) is 0 Å². The molecule has 0 N–H and O–H groups in total. The third kappa shape index (κ3) is 2.15. The summed E-state index contributed by atoms with van der Waals surface area (Å²) in [6.45, 7) is 0.0924. The molecule has 0 aliphatic carbocycles. The molecule has 0 radical (unpaired) electrons. The van der Waals surface area contributed by atoms with Crippen LogP contribution in [-0.4, -0.2) is 23.6 Å². The molecule has 0 spiro atoms. The second-order valence-electron chi connectivity index (χ2n) is 2.85. The second kappa shape index (κ2) is 4.13. The number of rotatable bonds is 2. The first kappa shape index (κ1) is 9.71. The molecule has 1 aliphatic rings. The lowest BCUT2D eigenvalue weighted by Gasteiger charge is -1.99. The molecule has 5 heteroatoms. The summed E-state index contributed by atoms with van der Waals surface area (Å²) in [6.07, 6.45) is 0. The van der Waals surface area contributed by atoms with E-state index in [1.165, 1.54) is 0 Å². The molecule has 0 unspecified atom stereocenters. The molecular weight excluding hydrogens is 212 g/mol. The van der Waals surface area contributed by atoms with E-state index in [4.69, 9.17) is 4.74 Å². The molecule has 0 aromatic heterocycles. The maximum absolute atomic E-state index is 10.8. The molecule has 0 saturated carbocycles. The van der Waals surface area contributed by atoms with Crippen LogP contribution in [0.3, 0.4) is 0 Å². The lowest BCUT2D eigenvalue weighted by Crippen LogP contribution is -2.05. The molecule has 1 heterocycles. The smallest absolute Gasteiger partial charge is 0.334 e. The number of esters is 1. The summed E-state index contributed by atoms with van der Waals surface area (Å²) in [5, 5.41) is 2.27. The van der Waals surface area contributed by atoms with E-state index in [2.05, 4.69) is 27.4 Å². The summed E-state index contributed by atoms with van der Waals surface area (Å²) >= 11 is 4.48. The van der Waals surface area contributed by atoms with Crippen LogP contribution in [0.2, 0.25) is 0 Å². The number of cyclic esters (lactones) is 1. The van der Waals surface area contributed by atoms with Gasteiger partial charge in [-0.3, -0.25) is 0 Å². The van der Waals surface area contributed by atoms with E-state index in [1.807, 2.05) is 0 Å². The quantitative estimate of drug-likeness (QED) is 0.431. The first-order valence-electron chi connectivity index (χ1n) is 4.23. The topological polar surface area (TPSA) is 51.0 Å². The van der Waals surface area contributed by atoms with E-state index >= 15 is 0 Å². The van der Waals surface area contributed by atoms with Gasteiger partial charge in [-0.1, -0.05) is 0 Å². The summed E-state index contributed by atoms with van der Waals surface area (Å²) in [6, 6.07) is 7.04. The number of ether oxygens (including phenoxy) is 1. The minimum atomic E-state index is -0.328. The first-order valence-corrected chi connectivity index (χ1v) is 4.64. The highest BCUT2D eigenvalue weighted by Gasteiger charge is 2.17. The average molecular weight is 218 g/mol. The zero-order valence-corrected chi connectivity index (χ0v) is 8.45.